The van der Waals surface area contributed by atoms with E-state index >= 15 is 0 Å². The highest BCUT2D eigenvalue weighted by Crippen LogP contribution is 2.25. The Bertz CT molecular complexity index is 752. The molecule has 2 aromatic rings. The highest BCUT2D eigenvalue weighted by atomic mass is 19.2. The fourth-order valence-corrected chi connectivity index (χ4v) is 1.85. The van der Waals surface area contributed by atoms with Crippen LogP contribution in [-0.4, -0.2) is 5.78 Å². The van der Waals surface area contributed by atoms with Crippen molar-refractivity contribution in [3.05, 3.63) is 70.8 Å². The summed E-state index contributed by atoms with van der Waals surface area (Å²) in [6.07, 6.45) is 0. The zero-order valence-electron chi connectivity index (χ0n) is 10.4. The Balaban J connectivity index is 2.51. The van der Waals surface area contributed by atoms with Crippen molar-refractivity contribution < 1.29 is 22.4 Å². The SMILES string of the molecule is N#CC(C(=O)c1ccc(F)c(F)c1F)c1ccccc1F. The van der Waals surface area contributed by atoms with Crippen molar-refractivity contribution >= 4 is 5.78 Å². The minimum absolute atomic E-state index is 0.255. The van der Waals surface area contributed by atoms with Crippen LogP contribution < -0.4 is 0 Å². The fraction of sp³-hybridized carbons (Fsp3) is 0.0667. The molecule has 0 heterocycles. The van der Waals surface area contributed by atoms with E-state index in [-0.39, 0.29) is 5.56 Å². The van der Waals surface area contributed by atoms with Crippen LogP contribution in [0.25, 0.3) is 0 Å². The molecule has 0 saturated heterocycles. The molecule has 0 aromatic heterocycles. The van der Waals surface area contributed by atoms with Crippen LogP contribution >= 0.6 is 0 Å². The van der Waals surface area contributed by atoms with E-state index in [1.807, 2.05) is 0 Å². The minimum Gasteiger partial charge on any atom is -0.292 e. The zero-order chi connectivity index (χ0) is 15.6. The third-order valence-electron chi connectivity index (χ3n) is 2.91. The van der Waals surface area contributed by atoms with Crippen LogP contribution in [0.15, 0.2) is 36.4 Å². The molecule has 0 bridgehead atoms. The van der Waals surface area contributed by atoms with Crippen molar-refractivity contribution in [1.29, 1.82) is 5.26 Å². The predicted octanol–water partition coefficient (Wildman–Crippen LogP) is 3.73. The van der Waals surface area contributed by atoms with Crippen molar-refractivity contribution in [2.45, 2.75) is 5.92 Å². The van der Waals surface area contributed by atoms with Crippen molar-refractivity contribution in [2.75, 3.05) is 0 Å². The van der Waals surface area contributed by atoms with Gasteiger partial charge in [-0.25, -0.2) is 17.6 Å². The van der Waals surface area contributed by atoms with Crippen molar-refractivity contribution in [1.82, 2.24) is 0 Å². The fourth-order valence-electron chi connectivity index (χ4n) is 1.85. The normalized spacial score (nSPS) is 11.8. The molecule has 0 aliphatic heterocycles. The third-order valence-corrected chi connectivity index (χ3v) is 2.91. The lowest BCUT2D eigenvalue weighted by Gasteiger charge is -2.10. The first kappa shape index (κ1) is 14.7. The molecule has 2 aromatic carbocycles. The molecule has 1 unspecified atom stereocenters. The molecule has 21 heavy (non-hydrogen) atoms. The summed E-state index contributed by atoms with van der Waals surface area (Å²) >= 11 is 0. The Hall–Kier alpha value is -2.68. The monoisotopic (exact) mass is 293 g/mol. The van der Waals surface area contributed by atoms with Crippen LogP contribution in [-0.2, 0) is 0 Å². The number of hydrogen-bond acceptors (Lipinski definition) is 2. The molecule has 0 N–H and O–H groups in total. The van der Waals surface area contributed by atoms with Crippen molar-refractivity contribution in [3.8, 4) is 6.07 Å². The highest BCUT2D eigenvalue weighted by molar-refractivity contribution is 6.03. The van der Waals surface area contributed by atoms with E-state index in [1.165, 1.54) is 18.2 Å². The van der Waals surface area contributed by atoms with Gasteiger partial charge in [-0.2, -0.15) is 5.26 Å². The van der Waals surface area contributed by atoms with Gasteiger partial charge >= 0.3 is 0 Å². The van der Waals surface area contributed by atoms with Gasteiger partial charge < -0.3 is 0 Å². The van der Waals surface area contributed by atoms with E-state index in [0.717, 1.165) is 12.1 Å². The van der Waals surface area contributed by atoms with E-state index in [0.29, 0.717) is 6.07 Å². The number of carbonyl (C=O) groups excluding carboxylic acids is 1. The lowest BCUT2D eigenvalue weighted by atomic mass is 9.91. The van der Waals surface area contributed by atoms with Gasteiger partial charge in [0.25, 0.3) is 0 Å². The van der Waals surface area contributed by atoms with Crippen LogP contribution in [0.4, 0.5) is 17.6 Å². The maximum absolute atomic E-state index is 13.6. The lowest BCUT2D eigenvalue weighted by Crippen LogP contribution is -2.15. The second-order valence-corrected chi connectivity index (χ2v) is 4.17. The molecule has 1 atom stereocenters. The van der Waals surface area contributed by atoms with Crippen LogP contribution in [0, 0.1) is 34.6 Å². The van der Waals surface area contributed by atoms with E-state index in [2.05, 4.69) is 0 Å². The maximum Gasteiger partial charge on any atom is 0.195 e. The average Bonchev–Trinajstić information content (AvgIpc) is 2.47. The number of rotatable bonds is 3. The summed E-state index contributed by atoms with van der Waals surface area (Å²) < 4.78 is 53.2. The topological polar surface area (TPSA) is 40.9 Å². The molecule has 0 spiro atoms. The summed E-state index contributed by atoms with van der Waals surface area (Å²) in [5, 5.41) is 9.02. The van der Waals surface area contributed by atoms with Crippen LogP contribution in [0.2, 0.25) is 0 Å². The molecule has 0 saturated carbocycles. The van der Waals surface area contributed by atoms with Gasteiger partial charge in [0.05, 0.1) is 11.6 Å². The van der Waals surface area contributed by atoms with Gasteiger partial charge in [0.1, 0.15) is 11.7 Å². The number of Topliss-reactive ketones (excluding diaryl/α,β-unsaturated/α-hetero) is 1. The van der Waals surface area contributed by atoms with Crippen LogP contribution in [0.1, 0.15) is 21.8 Å². The van der Waals surface area contributed by atoms with Gasteiger partial charge in [-0.3, -0.25) is 4.79 Å². The summed E-state index contributed by atoms with van der Waals surface area (Å²) in [5.74, 6) is -8.57. The van der Waals surface area contributed by atoms with Gasteiger partial charge in [-0.15, -0.1) is 0 Å². The smallest absolute Gasteiger partial charge is 0.195 e. The van der Waals surface area contributed by atoms with E-state index in [4.69, 9.17) is 5.26 Å². The molecule has 6 heteroatoms. The Morgan fingerprint density at radius 3 is 2.24 bits per heavy atom. The van der Waals surface area contributed by atoms with E-state index < -0.39 is 40.5 Å². The molecule has 2 nitrogen and oxygen atoms in total. The van der Waals surface area contributed by atoms with Gasteiger partial charge in [0, 0.05) is 5.56 Å². The molecule has 0 radical (unpaired) electrons. The molecule has 0 amide bonds. The number of nitrogens with zero attached hydrogens (tertiary/aromatic N) is 1. The zero-order valence-corrected chi connectivity index (χ0v) is 10.4. The number of halogens is 4. The van der Waals surface area contributed by atoms with E-state index in [1.54, 1.807) is 6.07 Å². The first-order valence-corrected chi connectivity index (χ1v) is 5.79. The molecule has 0 fully saturated rings. The Morgan fingerprint density at radius 2 is 1.62 bits per heavy atom. The van der Waals surface area contributed by atoms with Crippen LogP contribution in [0.3, 0.4) is 0 Å². The predicted molar refractivity (Wildman–Crippen MR) is 65.4 cm³/mol. The number of ketones is 1. The standard InChI is InChI=1S/C15H7F4NO/c16-11-4-2-1-3-8(11)10(7-20)15(21)9-5-6-12(17)14(19)13(9)18/h1-6,10H. The summed E-state index contributed by atoms with van der Waals surface area (Å²) in [4.78, 5) is 12.1. The number of hydrogen-bond donors (Lipinski definition) is 0. The largest absolute Gasteiger partial charge is 0.292 e. The van der Waals surface area contributed by atoms with Crippen molar-refractivity contribution in [2.24, 2.45) is 0 Å². The van der Waals surface area contributed by atoms with Gasteiger partial charge in [-0.1, -0.05) is 18.2 Å². The molecule has 0 aliphatic rings. The summed E-state index contributed by atoms with van der Waals surface area (Å²) in [7, 11) is 0. The molecule has 106 valence electrons. The maximum atomic E-state index is 13.6. The van der Waals surface area contributed by atoms with Crippen molar-refractivity contribution in [3.63, 3.8) is 0 Å². The minimum atomic E-state index is -1.81. The third kappa shape index (κ3) is 2.63. The summed E-state index contributed by atoms with van der Waals surface area (Å²) in [5.41, 5.74) is -1.06. The second kappa shape index (κ2) is 5.75. The first-order chi connectivity index (χ1) is 9.97. The number of carbonyl (C=O) groups is 1. The first-order valence-electron chi connectivity index (χ1n) is 5.79. The molecule has 0 aliphatic carbocycles. The number of nitriles is 1. The summed E-state index contributed by atoms with van der Waals surface area (Å²) in [6, 6.07) is 7.83. The average molecular weight is 293 g/mol. The number of benzene rings is 2. The quantitative estimate of drug-likeness (QED) is 0.491. The van der Waals surface area contributed by atoms with Gasteiger partial charge in [0.15, 0.2) is 23.2 Å². The summed E-state index contributed by atoms with van der Waals surface area (Å²) in [6.45, 7) is 0. The lowest BCUT2D eigenvalue weighted by molar-refractivity contribution is 0.0972. The Kier molecular flexibility index (Phi) is 4.03. The molecular formula is C15H7F4NO. The molecular weight excluding hydrogens is 286 g/mol. The van der Waals surface area contributed by atoms with Crippen LogP contribution in [0.5, 0.6) is 0 Å². The molecule has 2 rings (SSSR count). The van der Waals surface area contributed by atoms with E-state index in [9.17, 15) is 22.4 Å². The second-order valence-electron chi connectivity index (χ2n) is 4.17. The highest BCUT2D eigenvalue weighted by Gasteiger charge is 2.28. The van der Waals surface area contributed by atoms with Gasteiger partial charge in [-0.05, 0) is 18.2 Å². The van der Waals surface area contributed by atoms with Gasteiger partial charge in [0.2, 0.25) is 0 Å². The Morgan fingerprint density at radius 1 is 0.952 bits per heavy atom. The Labute approximate surface area is 117 Å².